The van der Waals surface area contributed by atoms with Gasteiger partial charge in [-0.3, -0.25) is 9.69 Å². The summed E-state index contributed by atoms with van der Waals surface area (Å²) >= 11 is 0. The van der Waals surface area contributed by atoms with Crippen molar-refractivity contribution >= 4 is 30.7 Å². The fraction of sp³-hybridized carbons (Fsp3) is 0.650. The number of ether oxygens (including phenoxy) is 1. The quantitative estimate of drug-likeness (QED) is 0.814. The minimum atomic E-state index is -0.612. The van der Waals surface area contributed by atoms with Crippen molar-refractivity contribution in [1.29, 1.82) is 0 Å². The summed E-state index contributed by atoms with van der Waals surface area (Å²) in [5.74, 6) is 1.06. The van der Waals surface area contributed by atoms with Crippen LogP contribution < -0.4 is 10.5 Å². The molecular formula is C20H33Cl2N3O2. The Hall–Kier alpha value is -1.01. The number of amides is 1. The molecule has 2 N–H and O–H groups in total. The zero-order chi connectivity index (χ0) is 17.9. The second kappa shape index (κ2) is 10.5. The molecule has 0 aromatic heterocycles. The summed E-state index contributed by atoms with van der Waals surface area (Å²) in [4.78, 5) is 17.3. The molecule has 1 heterocycles. The minimum Gasteiger partial charge on any atom is -0.497 e. The smallest absolute Gasteiger partial charge is 0.242 e. The molecule has 7 heteroatoms. The monoisotopic (exact) mass is 417 g/mol. The third kappa shape index (κ3) is 5.50. The largest absolute Gasteiger partial charge is 0.497 e. The predicted octanol–water partition coefficient (Wildman–Crippen LogP) is 3.41. The van der Waals surface area contributed by atoms with Gasteiger partial charge in [-0.2, -0.15) is 0 Å². The van der Waals surface area contributed by atoms with E-state index in [1.807, 2.05) is 17.0 Å². The molecule has 1 atom stereocenters. The molecule has 154 valence electrons. The van der Waals surface area contributed by atoms with Crippen molar-refractivity contribution < 1.29 is 9.53 Å². The Morgan fingerprint density at radius 3 is 2.33 bits per heavy atom. The van der Waals surface area contributed by atoms with Crippen LogP contribution in [0.15, 0.2) is 24.3 Å². The number of benzene rings is 1. The Bertz CT molecular complexity index is 601. The molecule has 0 spiro atoms. The summed E-state index contributed by atoms with van der Waals surface area (Å²) < 4.78 is 5.33. The minimum absolute atomic E-state index is 0. The average Bonchev–Trinajstić information content (AvgIpc) is 2.67. The topological polar surface area (TPSA) is 58.8 Å². The molecule has 1 aromatic rings. The van der Waals surface area contributed by atoms with Crippen LogP contribution in [0.5, 0.6) is 5.75 Å². The Kier molecular flexibility index (Phi) is 9.35. The van der Waals surface area contributed by atoms with Gasteiger partial charge in [0.15, 0.2) is 0 Å². The van der Waals surface area contributed by atoms with Crippen LogP contribution in [-0.4, -0.2) is 54.5 Å². The van der Waals surface area contributed by atoms with Crippen LogP contribution in [0.1, 0.15) is 50.6 Å². The summed E-state index contributed by atoms with van der Waals surface area (Å²) in [6, 6.07) is 8.55. The zero-order valence-corrected chi connectivity index (χ0v) is 18.0. The first-order valence-corrected chi connectivity index (χ1v) is 9.50. The molecule has 1 aliphatic carbocycles. The van der Waals surface area contributed by atoms with Crippen LogP contribution >= 0.6 is 24.8 Å². The van der Waals surface area contributed by atoms with Crippen molar-refractivity contribution in [3.8, 4) is 5.75 Å². The van der Waals surface area contributed by atoms with Gasteiger partial charge in [-0.25, -0.2) is 0 Å². The fourth-order valence-corrected chi connectivity index (χ4v) is 4.14. The molecule has 27 heavy (non-hydrogen) atoms. The van der Waals surface area contributed by atoms with Crippen LogP contribution in [0, 0.1) is 0 Å². The van der Waals surface area contributed by atoms with Gasteiger partial charge in [0.25, 0.3) is 0 Å². The molecule has 1 unspecified atom stereocenters. The molecule has 1 aromatic carbocycles. The lowest BCUT2D eigenvalue weighted by Crippen LogP contribution is -2.60. The van der Waals surface area contributed by atoms with Crippen molar-refractivity contribution in [2.24, 2.45) is 5.73 Å². The summed E-state index contributed by atoms with van der Waals surface area (Å²) in [5, 5.41) is 0. The molecular weight excluding hydrogens is 385 g/mol. The van der Waals surface area contributed by atoms with Gasteiger partial charge in [-0.1, -0.05) is 31.4 Å². The van der Waals surface area contributed by atoms with Crippen LogP contribution in [0.3, 0.4) is 0 Å². The second-order valence-corrected chi connectivity index (χ2v) is 7.50. The molecule has 3 rings (SSSR count). The van der Waals surface area contributed by atoms with E-state index in [1.165, 1.54) is 12.0 Å². The van der Waals surface area contributed by atoms with E-state index in [0.29, 0.717) is 6.04 Å². The highest BCUT2D eigenvalue weighted by Crippen LogP contribution is 2.29. The molecule has 0 radical (unpaired) electrons. The number of nitrogens with two attached hydrogens (primary N) is 1. The lowest BCUT2D eigenvalue weighted by molar-refractivity contribution is -0.140. The molecule has 1 aliphatic heterocycles. The molecule has 5 nitrogen and oxygen atoms in total. The maximum absolute atomic E-state index is 12.9. The van der Waals surface area contributed by atoms with Gasteiger partial charge in [-0.05, 0) is 37.5 Å². The Balaban J connectivity index is 0.00000182. The lowest BCUT2D eigenvalue weighted by atomic mass is 9.81. The summed E-state index contributed by atoms with van der Waals surface area (Å²) in [6.07, 6.45) is 5.04. The Morgan fingerprint density at radius 1 is 1.11 bits per heavy atom. The van der Waals surface area contributed by atoms with E-state index >= 15 is 0 Å². The normalized spacial score (nSPS) is 20.8. The summed E-state index contributed by atoms with van der Waals surface area (Å²) in [7, 11) is 1.70. The van der Waals surface area contributed by atoms with Crippen LogP contribution in [0.25, 0.3) is 0 Å². The van der Waals surface area contributed by atoms with Crippen molar-refractivity contribution in [1.82, 2.24) is 9.80 Å². The van der Waals surface area contributed by atoms with Gasteiger partial charge in [0.2, 0.25) is 5.91 Å². The predicted molar refractivity (Wildman–Crippen MR) is 114 cm³/mol. The maximum Gasteiger partial charge on any atom is 0.242 e. The van der Waals surface area contributed by atoms with E-state index in [4.69, 9.17) is 10.5 Å². The van der Waals surface area contributed by atoms with Crippen molar-refractivity contribution in [2.75, 3.05) is 33.3 Å². The molecule has 2 fully saturated rings. The van der Waals surface area contributed by atoms with Gasteiger partial charge in [0.05, 0.1) is 12.6 Å². The molecule has 1 saturated heterocycles. The van der Waals surface area contributed by atoms with Crippen molar-refractivity contribution in [3.05, 3.63) is 29.8 Å². The Morgan fingerprint density at radius 2 is 1.74 bits per heavy atom. The third-order valence-electron chi connectivity index (χ3n) is 5.90. The van der Waals surface area contributed by atoms with E-state index in [9.17, 15) is 4.79 Å². The number of carbonyl (C=O) groups excluding carboxylic acids is 1. The second-order valence-electron chi connectivity index (χ2n) is 7.50. The highest BCUT2D eigenvalue weighted by atomic mass is 35.5. The number of hydrogen-bond acceptors (Lipinski definition) is 4. The number of halogens is 2. The highest BCUT2D eigenvalue weighted by molar-refractivity contribution is 5.86. The van der Waals surface area contributed by atoms with Crippen molar-refractivity contribution in [2.45, 2.75) is 50.6 Å². The number of hydrogen-bond donors (Lipinski definition) is 1. The number of piperazine rings is 1. The van der Waals surface area contributed by atoms with Gasteiger partial charge in [-0.15, -0.1) is 24.8 Å². The fourth-order valence-electron chi connectivity index (χ4n) is 4.14. The van der Waals surface area contributed by atoms with E-state index in [0.717, 1.165) is 57.6 Å². The number of carbonyl (C=O) groups is 1. The van der Waals surface area contributed by atoms with Gasteiger partial charge < -0.3 is 15.4 Å². The van der Waals surface area contributed by atoms with E-state index in [2.05, 4.69) is 24.0 Å². The molecule has 1 saturated carbocycles. The van der Waals surface area contributed by atoms with E-state index in [1.54, 1.807) is 7.11 Å². The van der Waals surface area contributed by atoms with Crippen molar-refractivity contribution in [3.63, 3.8) is 0 Å². The zero-order valence-electron chi connectivity index (χ0n) is 16.4. The van der Waals surface area contributed by atoms with Gasteiger partial charge in [0, 0.05) is 32.2 Å². The first-order chi connectivity index (χ1) is 12.0. The molecule has 1 amide bonds. The first-order valence-electron chi connectivity index (χ1n) is 9.50. The standard InChI is InChI=1S/C20H31N3O2.2ClH/c1-16(17-7-6-8-18(15-17)25-2)22-11-13-23(14-12-22)19(24)20(21)9-4-3-5-10-20;;/h6-8,15-16H,3-5,9-14,21H2,1-2H3;2*1H. The van der Waals surface area contributed by atoms with Gasteiger partial charge in [0.1, 0.15) is 5.75 Å². The van der Waals surface area contributed by atoms with E-state index in [-0.39, 0.29) is 30.7 Å². The lowest BCUT2D eigenvalue weighted by Gasteiger charge is -2.42. The summed E-state index contributed by atoms with van der Waals surface area (Å²) in [6.45, 7) is 5.54. The number of nitrogens with zero attached hydrogens (tertiary/aromatic N) is 2. The van der Waals surface area contributed by atoms with Gasteiger partial charge >= 0.3 is 0 Å². The summed E-state index contributed by atoms with van der Waals surface area (Å²) in [5.41, 5.74) is 7.07. The van der Waals surface area contributed by atoms with E-state index < -0.39 is 5.54 Å². The van der Waals surface area contributed by atoms with Crippen LogP contribution in [0.4, 0.5) is 0 Å². The number of methoxy groups -OCH3 is 1. The van der Waals surface area contributed by atoms with Crippen LogP contribution in [0.2, 0.25) is 0 Å². The Labute approximate surface area is 175 Å². The average molecular weight is 418 g/mol. The van der Waals surface area contributed by atoms with Crippen LogP contribution in [-0.2, 0) is 4.79 Å². The maximum atomic E-state index is 12.9. The highest BCUT2D eigenvalue weighted by Gasteiger charge is 2.39. The molecule has 2 aliphatic rings. The first kappa shape index (κ1) is 24.0. The molecule has 0 bridgehead atoms. The SMILES string of the molecule is COc1cccc(C(C)N2CCN(C(=O)C3(N)CCCCC3)CC2)c1.Cl.Cl. The number of rotatable bonds is 4. The third-order valence-corrected chi connectivity index (χ3v) is 5.90.